The van der Waals surface area contributed by atoms with Crippen LogP contribution < -0.4 is 0 Å². The van der Waals surface area contributed by atoms with Crippen LogP contribution in [-0.2, 0) is 27.6 Å². The second-order valence-corrected chi connectivity index (χ2v) is 11.3. The van der Waals surface area contributed by atoms with Gasteiger partial charge < -0.3 is 9.67 Å². The molecule has 2 aromatic carbocycles. The molecule has 1 aromatic heterocycles. The van der Waals surface area contributed by atoms with E-state index < -0.39 is 15.8 Å². The predicted molar refractivity (Wildman–Crippen MR) is 121 cm³/mol. The summed E-state index contributed by atoms with van der Waals surface area (Å²) in [5.74, 6) is -0.512. The van der Waals surface area contributed by atoms with E-state index in [-0.39, 0.29) is 12.3 Å². The molecule has 2 aliphatic carbocycles. The van der Waals surface area contributed by atoms with Gasteiger partial charge in [0.15, 0.2) is 9.84 Å². The molecule has 1 fully saturated rings. The van der Waals surface area contributed by atoms with Crippen LogP contribution in [0.1, 0.15) is 59.9 Å². The van der Waals surface area contributed by atoms with Gasteiger partial charge >= 0.3 is 5.97 Å². The number of sulfone groups is 1. The second kappa shape index (κ2) is 7.38. The summed E-state index contributed by atoms with van der Waals surface area (Å²) in [6, 6.07) is 11.3. The van der Waals surface area contributed by atoms with E-state index in [0.717, 1.165) is 59.0 Å². The van der Waals surface area contributed by atoms with Crippen molar-refractivity contribution in [1.82, 2.24) is 4.57 Å². The third kappa shape index (κ3) is 3.76. The predicted octanol–water partition coefficient (Wildman–Crippen LogP) is 5.13. The van der Waals surface area contributed by atoms with E-state index in [4.69, 9.17) is 11.6 Å². The Morgan fingerprint density at radius 3 is 2.48 bits per heavy atom. The van der Waals surface area contributed by atoms with Crippen molar-refractivity contribution < 1.29 is 18.3 Å². The van der Waals surface area contributed by atoms with Gasteiger partial charge in [0.1, 0.15) is 0 Å². The van der Waals surface area contributed by atoms with Crippen molar-refractivity contribution >= 4 is 38.3 Å². The average Bonchev–Trinajstić information content (AvgIpc) is 3.40. The van der Waals surface area contributed by atoms with Gasteiger partial charge in [-0.1, -0.05) is 23.7 Å². The molecule has 162 valence electrons. The number of hydrogen-bond acceptors (Lipinski definition) is 3. The molecule has 0 spiro atoms. The first-order valence-corrected chi connectivity index (χ1v) is 12.8. The summed E-state index contributed by atoms with van der Waals surface area (Å²) in [6.45, 7) is 0.608. The first-order valence-electron chi connectivity index (χ1n) is 10.6. The minimum absolute atomic E-state index is 0.0686. The first kappa shape index (κ1) is 20.6. The molecule has 1 heterocycles. The molecule has 0 saturated heterocycles. The molecule has 1 unspecified atom stereocenters. The maximum Gasteiger partial charge on any atom is 0.304 e. The highest BCUT2D eigenvalue weighted by Gasteiger charge is 2.35. The van der Waals surface area contributed by atoms with Gasteiger partial charge in [-0.05, 0) is 72.6 Å². The fraction of sp³-hybridized carbons (Fsp3) is 0.375. The minimum Gasteiger partial charge on any atom is -0.481 e. The van der Waals surface area contributed by atoms with Gasteiger partial charge in [-0.25, -0.2) is 8.42 Å². The lowest BCUT2D eigenvalue weighted by Gasteiger charge is -2.17. The van der Waals surface area contributed by atoms with Crippen LogP contribution in [0.5, 0.6) is 0 Å². The molecule has 7 heteroatoms. The monoisotopic (exact) mass is 457 g/mol. The molecule has 0 aliphatic heterocycles. The molecule has 1 saturated carbocycles. The van der Waals surface area contributed by atoms with E-state index >= 15 is 0 Å². The van der Waals surface area contributed by atoms with Gasteiger partial charge in [-0.2, -0.15) is 0 Å². The van der Waals surface area contributed by atoms with E-state index in [2.05, 4.69) is 4.57 Å². The Hall–Kier alpha value is -2.31. The third-order valence-electron chi connectivity index (χ3n) is 6.56. The van der Waals surface area contributed by atoms with E-state index in [0.29, 0.717) is 22.4 Å². The number of aryl methyl sites for hydroxylation is 1. The van der Waals surface area contributed by atoms with Crippen molar-refractivity contribution in [3.05, 3.63) is 63.8 Å². The number of benzene rings is 2. The number of carboxylic acid groups (broad SMARTS) is 1. The van der Waals surface area contributed by atoms with E-state index in [1.807, 2.05) is 30.3 Å². The fourth-order valence-corrected chi connectivity index (χ4v) is 5.83. The number of aliphatic carboxylic acids is 1. The standard InChI is InChI=1S/C24H24ClNO4S/c1-31(29,30)18-11-20(15-4-5-15)24-21(12-18)19-9-6-16(10-22(27)28)23(19)26(24)13-14-2-7-17(25)8-3-14/h2-3,7-8,11-12,15-16H,4-6,9-10,13H2,1H3,(H,27,28). The summed E-state index contributed by atoms with van der Waals surface area (Å²) < 4.78 is 27.1. The van der Waals surface area contributed by atoms with Crippen LogP contribution in [0, 0.1) is 0 Å². The Morgan fingerprint density at radius 2 is 1.87 bits per heavy atom. The SMILES string of the molecule is CS(=O)(=O)c1cc(C2CC2)c2c(c1)c1c(n2Cc2ccc(Cl)cc2)C(CC(=O)O)CC1. The van der Waals surface area contributed by atoms with Gasteiger partial charge in [0.2, 0.25) is 0 Å². The molecule has 5 nitrogen and oxygen atoms in total. The van der Waals surface area contributed by atoms with E-state index in [1.165, 1.54) is 6.26 Å². The Balaban J connectivity index is 1.78. The number of aromatic nitrogens is 1. The smallest absolute Gasteiger partial charge is 0.304 e. The van der Waals surface area contributed by atoms with Crippen LogP contribution in [0.2, 0.25) is 5.02 Å². The van der Waals surface area contributed by atoms with Crippen molar-refractivity contribution in [2.45, 2.75) is 55.4 Å². The van der Waals surface area contributed by atoms with Crippen molar-refractivity contribution in [2.24, 2.45) is 0 Å². The molecule has 0 bridgehead atoms. The quantitative estimate of drug-likeness (QED) is 0.556. The zero-order valence-corrected chi connectivity index (χ0v) is 18.8. The zero-order chi connectivity index (χ0) is 21.9. The Morgan fingerprint density at radius 1 is 1.16 bits per heavy atom. The second-order valence-electron chi connectivity index (χ2n) is 8.86. The molecule has 1 N–H and O–H groups in total. The van der Waals surface area contributed by atoms with Gasteiger partial charge in [-0.3, -0.25) is 4.79 Å². The maximum atomic E-state index is 12.4. The van der Waals surface area contributed by atoms with Crippen LogP contribution in [0.3, 0.4) is 0 Å². The van der Waals surface area contributed by atoms with Crippen molar-refractivity contribution in [2.75, 3.05) is 6.26 Å². The molecule has 1 atom stereocenters. The van der Waals surface area contributed by atoms with Crippen LogP contribution >= 0.6 is 11.6 Å². The normalized spacial score (nSPS) is 18.5. The molecule has 31 heavy (non-hydrogen) atoms. The maximum absolute atomic E-state index is 12.4. The molecule has 0 amide bonds. The lowest BCUT2D eigenvalue weighted by Crippen LogP contribution is -2.11. The van der Waals surface area contributed by atoms with Crippen LogP contribution in [0.15, 0.2) is 41.3 Å². The molecular formula is C24H24ClNO4S. The molecule has 3 aromatic rings. The van der Waals surface area contributed by atoms with E-state index in [9.17, 15) is 18.3 Å². The van der Waals surface area contributed by atoms with Crippen LogP contribution in [0.25, 0.3) is 10.9 Å². The molecule has 5 rings (SSSR count). The molecule has 0 radical (unpaired) electrons. The number of hydrogen-bond donors (Lipinski definition) is 1. The van der Waals surface area contributed by atoms with Crippen molar-refractivity contribution in [3.63, 3.8) is 0 Å². The lowest BCUT2D eigenvalue weighted by molar-refractivity contribution is -0.137. The number of carbonyl (C=O) groups is 1. The summed E-state index contributed by atoms with van der Waals surface area (Å²) in [5, 5.41) is 11.1. The summed E-state index contributed by atoms with van der Waals surface area (Å²) >= 11 is 6.07. The molecular weight excluding hydrogens is 434 g/mol. The zero-order valence-electron chi connectivity index (χ0n) is 17.3. The fourth-order valence-electron chi connectivity index (χ4n) is 5.03. The summed E-state index contributed by atoms with van der Waals surface area (Å²) in [4.78, 5) is 11.9. The van der Waals surface area contributed by atoms with Crippen molar-refractivity contribution in [3.8, 4) is 0 Å². The number of carboxylic acids is 1. The van der Waals surface area contributed by atoms with Gasteiger partial charge in [0.05, 0.1) is 16.8 Å². The Kier molecular flexibility index (Phi) is 4.90. The molecule has 2 aliphatic rings. The topological polar surface area (TPSA) is 76.4 Å². The number of halogens is 1. The van der Waals surface area contributed by atoms with Gasteiger partial charge in [-0.15, -0.1) is 0 Å². The Bertz CT molecular complexity index is 1300. The number of nitrogens with zero attached hydrogens (tertiary/aromatic N) is 1. The summed E-state index contributed by atoms with van der Waals surface area (Å²) in [5.41, 5.74) is 5.40. The largest absolute Gasteiger partial charge is 0.481 e. The van der Waals surface area contributed by atoms with Crippen molar-refractivity contribution in [1.29, 1.82) is 0 Å². The number of fused-ring (bicyclic) bond motifs is 3. The van der Waals surface area contributed by atoms with E-state index in [1.54, 1.807) is 6.07 Å². The van der Waals surface area contributed by atoms with Gasteiger partial charge in [0, 0.05) is 34.8 Å². The highest BCUT2D eigenvalue weighted by Crippen LogP contribution is 2.49. The summed E-state index contributed by atoms with van der Waals surface area (Å²) in [7, 11) is -3.34. The lowest BCUT2D eigenvalue weighted by atomic mass is 10.0. The highest BCUT2D eigenvalue weighted by molar-refractivity contribution is 7.90. The third-order valence-corrected chi connectivity index (χ3v) is 7.90. The summed E-state index contributed by atoms with van der Waals surface area (Å²) in [6.07, 6.45) is 4.99. The van der Waals surface area contributed by atoms with Crippen LogP contribution in [0.4, 0.5) is 0 Å². The van der Waals surface area contributed by atoms with Gasteiger partial charge in [0.25, 0.3) is 0 Å². The van der Waals surface area contributed by atoms with Crippen LogP contribution in [-0.4, -0.2) is 30.3 Å². The first-order chi connectivity index (χ1) is 14.7. The number of rotatable bonds is 6. The highest BCUT2D eigenvalue weighted by atomic mass is 35.5. The minimum atomic E-state index is -3.34. The Labute approximate surface area is 186 Å². The average molecular weight is 458 g/mol.